The van der Waals surface area contributed by atoms with E-state index in [9.17, 15) is 4.79 Å². The van der Waals surface area contributed by atoms with Gasteiger partial charge in [0, 0.05) is 28.7 Å². The molecule has 0 aliphatic carbocycles. The van der Waals surface area contributed by atoms with E-state index in [0.717, 1.165) is 27.9 Å². The summed E-state index contributed by atoms with van der Waals surface area (Å²) in [4.78, 5) is 14.6. The second-order valence-corrected chi connectivity index (χ2v) is 7.13. The van der Waals surface area contributed by atoms with Crippen molar-refractivity contribution >= 4 is 45.9 Å². The molecular formula is C23H21N3O2S. The molecule has 0 bridgehead atoms. The molecule has 1 aromatic heterocycles. The molecule has 0 saturated carbocycles. The number of para-hydroxylation sites is 1. The minimum absolute atomic E-state index is 0.180. The van der Waals surface area contributed by atoms with Gasteiger partial charge in [0.1, 0.15) is 11.4 Å². The second-order valence-electron chi connectivity index (χ2n) is 6.74. The number of rotatable bonds is 5. The Bertz CT molecular complexity index is 1160. The number of aromatic nitrogens is 1. The lowest BCUT2D eigenvalue weighted by Gasteiger charge is -2.14. The van der Waals surface area contributed by atoms with Crippen LogP contribution in [-0.4, -0.2) is 22.7 Å². The number of nitrogens with zero attached hydrogens (tertiary/aromatic N) is 2. The molecule has 1 fully saturated rings. The van der Waals surface area contributed by atoms with E-state index in [1.165, 1.54) is 4.90 Å². The van der Waals surface area contributed by atoms with E-state index in [1.807, 2.05) is 36.4 Å². The highest BCUT2D eigenvalue weighted by Crippen LogP contribution is 2.30. The van der Waals surface area contributed by atoms with E-state index in [0.29, 0.717) is 23.0 Å². The molecule has 0 atom stereocenters. The Kier molecular flexibility index (Phi) is 4.94. The molecule has 1 amide bonds. The number of hydrogen-bond donors (Lipinski definition) is 1. The molecule has 5 nitrogen and oxygen atoms in total. The van der Waals surface area contributed by atoms with Crippen LogP contribution in [0.3, 0.4) is 0 Å². The van der Waals surface area contributed by atoms with Crippen LogP contribution in [0.1, 0.15) is 11.3 Å². The summed E-state index contributed by atoms with van der Waals surface area (Å²) in [5, 5.41) is 4.52. The van der Waals surface area contributed by atoms with E-state index >= 15 is 0 Å². The van der Waals surface area contributed by atoms with Crippen molar-refractivity contribution in [1.82, 2.24) is 9.88 Å². The van der Waals surface area contributed by atoms with Gasteiger partial charge in [0.15, 0.2) is 5.11 Å². The van der Waals surface area contributed by atoms with E-state index in [-0.39, 0.29) is 5.91 Å². The van der Waals surface area contributed by atoms with Crippen molar-refractivity contribution in [2.24, 2.45) is 0 Å². The molecule has 2 heterocycles. The second kappa shape index (κ2) is 7.56. The first-order valence-electron chi connectivity index (χ1n) is 9.25. The minimum Gasteiger partial charge on any atom is -0.497 e. The number of anilines is 1. The van der Waals surface area contributed by atoms with Gasteiger partial charge in [-0.2, -0.15) is 0 Å². The molecule has 2 aromatic carbocycles. The zero-order valence-electron chi connectivity index (χ0n) is 16.3. The van der Waals surface area contributed by atoms with Crippen LogP contribution in [-0.2, 0) is 11.3 Å². The van der Waals surface area contributed by atoms with Crippen LogP contribution in [0.5, 0.6) is 5.75 Å². The molecule has 0 spiro atoms. The fraction of sp³-hybridized carbons (Fsp3) is 0.130. The van der Waals surface area contributed by atoms with Crippen LogP contribution < -0.4 is 15.0 Å². The molecule has 0 unspecified atom stereocenters. The summed E-state index contributed by atoms with van der Waals surface area (Å²) < 4.78 is 7.38. The molecule has 4 rings (SSSR count). The Hall–Kier alpha value is -3.38. The van der Waals surface area contributed by atoms with Gasteiger partial charge >= 0.3 is 0 Å². The van der Waals surface area contributed by atoms with Crippen LogP contribution in [0.2, 0.25) is 0 Å². The van der Waals surface area contributed by atoms with Gasteiger partial charge in [0.05, 0.1) is 12.8 Å². The Morgan fingerprint density at radius 1 is 1.17 bits per heavy atom. The lowest BCUT2D eigenvalue weighted by molar-refractivity contribution is -0.113. The van der Waals surface area contributed by atoms with Gasteiger partial charge in [-0.05, 0) is 55.5 Å². The van der Waals surface area contributed by atoms with Crippen molar-refractivity contribution < 1.29 is 9.53 Å². The smallest absolute Gasteiger partial charge is 0.281 e. The molecule has 146 valence electrons. The van der Waals surface area contributed by atoms with Crippen molar-refractivity contribution in [2.45, 2.75) is 13.5 Å². The first-order valence-corrected chi connectivity index (χ1v) is 9.66. The highest BCUT2D eigenvalue weighted by Gasteiger charge is 2.32. The molecular weight excluding hydrogens is 382 g/mol. The van der Waals surface area contributed by atoms with Crippen molar-refractivity contribution in [3.63, 3.8) is 0 Å². The zero-order chi connectivity index (χ0) is 20.5. The molecule has 29 heavy (non-hydrogen) atoms. The topological polar surface area (TPSA) is 46.5 Å². The van der Waals surface area contributed by atoms with Gasteiger partial charge in [-0.25, -0.2) is 0 Å². The van der Waals surface area contributed by atoms with E-state index in [1.54, 1.807) is 19.2 Å². The number of amides is 1. The third kappa shape index (κ3) is 3.21. The van der Waals surface area contributed by atoms with Gasteiger partial charge in [-0.1, -0.05) is 24.3 Å². The summed E-state index contributed by atoms with van der Waals surface area (Å²) in [7, 11) is 1.61. The standard InChI is InChI=1S/C23H21N3O2S/c1-4-13-25-15(2)19(18-7-5-6-8-21(18)25)14-20-22(27)26(23(29)24-20)16-9-11-17(28-3)12-10-16/h4-12,14H,1,13H2,2-3H3,(H,24,29)/b20-14-. The summed E-state index contributed by atoms with van der Waals surface area (Å²) in [5.41, 5.74) is 4.33. The van der Waals surface area contributed by atoms with Gasteiger partial charge in [0.2, 0.25) is 0 Å². The van der Waals surface area contributed by atoms with Crippen molar-refractivity contribution in [1.29, 1.82) is 0 Å². The van der Waals surface area contributed by atoms with E-state index in [4.69, 9.17) is 17.0 Å². The Morgan fingerprint density at radius 3 is 2.59 bits per heavy atom. The van der Waals surface area contributed by atoms with Crippen LogP contribution in [0.15, 0.2) is 66.9 Å². The predicted octanol–water partition coefficient (Wildman–Crippen LogP) is 4.41. The quantitative estimate of drug-likeness (QED) is 0.390. The normalized spacial score (nSPS) is 15.2. The van der Waals surface area contributed by atoms with Gasteiger partial charge in [0.25, 0.3) is 5.91 Å². The first kappa shape index (κ1) is 19.0. The van der Waals surface area contributed by atoms with E-state index < -0.39 is 0 Å². The summed E-state index contributed by atoms with van der Waals surface area (Å²) >= 11 is 5.43. The number of benzene rings is 2. The number of carbonyl (C=O) groups excluding carboxylic acids is 1. The maximum Gasteiger partial charge on any atom is 0.281 e. The Balaban J connectivity index is 1.76. The fourth-order valence-corrected chi connectivity index (χ4v) is 3.95. The molecule has 1 saturated heterocycles. The maximum atomic E-state index is 13.1. The average Bonchev–Trinajstić information content (AvgIpc) is 3.16. The number of fused-ring (bicyclic) bond motifs is 1. The number of carbonyl (C=O) groups is 1. The van der Waals surface area contributed by atoms with E-state index in [2.05, 4.69) is 35.5 Å². The number of methoxy groups -OCH3 is 1. The maximum absolute atomic E-state index is 13.1. The number of hydrogen-bond acceptors (Lipinski definition) is 3. The summed E-state index contributed by atoms with van der Waals surface area (Å²) in [5.74, 6) is 0.542. The highest BCUT2D eigenvalue weighted by molar-refractivity contribution is 7.80. The van der Waals surface area contributed by atoms with Crippen molar-refractivity contribution in [3.05, 3.63) is 78.1 Å². The fourth-order valence-electron chi connectivity index (χ4n) is 3.65. The zero-order valence-corrected chi connectivity index (χ0v) is 17.1. The van der Waals surface area contributed by atoms with Gasteiger partial charge in [-0.3, -0.25) is 9.69 Å². The largest absolute Gasteiger partial charge is 0.497 e. The van der Waals surface area contributed by atoms with Crippen LogP contribution >= 0.6 is 12.2 Å². The number of nitrogens with one attached hydrogen (secondary N) is 1. The average molecular weight is 404 g/mol. The monoisotopic (exact) mass is 403 g/mol. The third-order valence-electron chi connectivity index (χ3n) is 5.09. The molecule has 6 heteroatoms. The first-order chi connectivity index (χ1) is 14.0. The van der Waals surface area contributed by atoms with Crippen molar-refractivity contribution in [3.8, 4) is 5.75 Å². The summed E-state index contributed by atoms with van der Waals surface area (Å²) in [6, 6.07) is 15.4. The SMILES string of the molecule is C=CCn1c(C)c(/C=C2\NC(=S)N(c3ccc(OC)cc3)C2=O)c2ccccc21. The molecule has 0 radical (unpaired) electrons. The minimum atomic E-state index is -0.180. The molecule has 1 aliphatic heterocycles. The van der Waals surface area contributed by atoms with Crippen LogP contribution in [0.4, 0.5) is 5.69 Å². The van der Waals surface area contributed by atoms with Crippen LogP contribution in [0, 0.1) is 6.92 Å². The number of thiocarbonyl (C=S) groups is 1. The summed E-state index contributed by atoms with van der Waals surface area (Å²) in [6.45, 7) is 6.61. The van der Waals surface area contributed by atoms with Gasteiger partial charge in [-0.15, -0.1) is 6.58 Å². The molecule has 1 N–H and O–H groups in total. The highest BCUT2D eigenvalue weighted by atomic mass is 32.1. The Morgan fingerprint density at radius 2 is 1.90 bits per heavy atom. The molecule has 1 aliphatic rings. The van der Waals surface area contributed by atoms with Crippen molar-refractivity contribution in [2.75, 3.05) is 12.0 Å². The van der Waals surface area contributed by atoms with Gasteiger partial charge < -0.3 is 14.6 Å². The predicted molar refractivity (Wildman–Crippen MR) is 121 cm³/mol. The Labute approximate surface area is 174 Å². The number of ether oxygens (including phenoxy) is 1. The lowest BCUT2D eigenvalue weighted by atomic mass is 10.1. The summed E-state index contributed by atoms with van der Waals surface area (Å²) in [6.07, 6.45) is 3.76. The van der Waals surface area contributed by atoms with Crippen LogP contribution in [0.25, 0.3) is 17.0 Å². The molecule has 3 aromatic rings. The third-order valence-corrected chi connectivity index (χ3v) is 5.37. The lowest BCUT2D eigenvalue weighted by Crippen LogP contribution is -2.30. The number of allylic oxidation sites excluding steroid dienone is 1.